The van der Waals surface area contributed by atoms with Crippen LogP contribution in [0.5, 0.6) is 5.88 Å². The number of nitrogens with zero attached hydrogens (tertiary/aromatic N) is 2. The zero-order valence-electron chi connectivity index (χ0n) is 12.4. The van der Waals surface area contributed by atoms with Crippen molar-refractivity contribution in [2.24, 2.45) is 0 Å². The maximum Gasteiger partial charge on any atom is 0.256 e. The van der Waals surface area contributed by atoms with Gasteiger partial charge in [-0.3, -0.25) is 4.79 Å². The second kappa shape index (κ2) is 7.19. The molecule has 0 fully saturated rings. The number of amides is 1. The Labute approximate surface area is 128 Å². The van der Waals surface area contributed by atoms with E-state index in [1.807, 2.05) is 25.5 Å². The van der Waals surface area contributed by atoms with E-state index in [-0.39, 0.29) is 11.9 Å². The molecular formula is C15H19N3O2S. The van der Waals surface area contributed by atoms with E-state index in [2.05, 4.69) is 21.3 Å². The molecule has 5 nitrogen and oxygen atoms in total. The van der Waals surface area contributed by atoms with Crippen LogP contribution in [0.2, 0.25) is 0 Å². The third-order valence-electron chi connectivity index (χ3n) is 3.16. The number of carbonyl (C=O) groups excluding carboxylic acids is 1. The Kier molecular flexibility index (Phi) is 5.30. The summed E-state index contributed by atoms with van der Waals surface area (Å²) in [7, 11) is 5.51. The summed E-state index contributed by atoms with van der Waals surface area (Å²) in [4.78, 5) is 19.6. The fourth-order valence-corrected chi connectivity index (χ4v) is 2.95. The molecule has 112 valence electrons. The molecule has 0 saturated carbocycles. The molecule has 6 heteroatoms. The number of hydrogen-bond donors (Lipinski definition) is 1. The van der Waals surface area contributed by atoms with Gasteiger partial charge in [-0.2, -0.15) is 0 Å². The quantitative estimate of drug-likeness (QED) is 0.889. The summed E-state index contributed by atoms with van der Waals surface area (Å²) >= 11 is 1.68. The minimum absolute atomic E-state index is 0.150. The van der Waals surface area contributed by atoms with Crippen LogP contribution < -0.4 is 10.1 Å². The van der Waals surface area contributed by atoms with Gasteiger partial charge >= 0.3 is 0 Å². The van der Waals surface area contributed by atoms with Crippen LogP contribution in [0, 0.1) is 0 Å². The molecule has 0 radical (unpaired) electrons. The molecule has 0 aliphatic heterocycles. The lowest BCUT2D eigenvalue weighted by Gasteiger charge is -2.23. The normalized spacial score (nSPS) is 12.2. The minimum Gasteiger partial charge on any atom is -0.480 e. The van der Waals surface area contributed by atoms with E-state index in [1.54, 1.807) is 29.7 Å². The molecule has 1 N–H and O–H groups in total. The molecule has 1 amide bonds. The number of rotatable bonds is 6. The van der Waals surface area contributed by atoms with Gasteiger partial charge in [-0.1, -0.05) is 6.07 Å². The molecule has 21 heavy (non-hydrogen) atoms. The van der Waals surface area contributed by atoms with E-state index < -0.39 is 0 Å². The summed E-state index contributed by atoms with van der Waals surface area (Å²) in [5, 5.41) is 4.99. The van der Waals surface area contributed by atoms with Crippen LogP contribution in [0.3, 0.4) is 0 Å². The third-order valence-corrected chi connectivity index (χ3v) is 4.13. The van der Waals surface area contributed by atoms with Gasteiger partial charge in [-0.25, -0.2) is 4.98 Å². The van der Waals surface area contributed by atoms with Crippen molar-refractivity contribution in [1.82, 2.24) is 15.2 Å². The molecule has 0 spiro atoms. The smallest absolute Gasteiger partial charge is 0.256 e. The Bertz CT molecular complexity index is 584. The zero-order chi connectivity index (χ0) is 15.2. The first-order valence-corrected chi connectivity index (χ1v) is 7.48. The first kappa shape index (κ1) is 15.5. The molecule has 0 saturated heterocycles. The van der Waals surface area contributed by atoms with Crippen molar-refractivity contribution in [3.05, 3.63) is 46.3 Å². The van der Waals surface area contributed by atoms with Crippen LogP contribution in [0.1, 0.15) is 21.3 Å². The largest absolute Gasteiger partial charge is 0.480 e. The lowest BCUT2D eigenvalue weighted by atomic mass is 10.2. The standard InChI is InChI=1S/C15H19N3O2S/c1-18(2)12(13-7-5-9-21-13)10-17-14(19)11-6-4-8-16-15(11)20-3/h4-9,12H,10H2,1-3H3,(H,17,19)/t12-/m0/s1. The predicted octanol–water partition coefficient (Wildman–Crippen LogP) is 2.18. The average molecular weight is 305 g/mol. The fraction of sp³-hybridized carbons (Fsp3) is 0.333. The van der Waals surface area contributed by atoms with Gasteiger partial charge in [0.25, 0.3) is 5.91 Å². The van der Waals surface area contributed by atoms with Gasteiger partial charge in [-0.05, 0) is 37.7 Å². The molecule has 2 heterocycles. The minimum atomic E-state index is -0.177. The van der Waals surface area contributed by atoms with E-state index in [1.165, 1.54) is 12.0 Å². The summed E-state index contributed by atoms with van der Waals surface area (Å²) < 4.78 is 5.11. The highest BCUT2D eigenvalue weighted by atomic mass is 32.1. The predicted molar refractivity (Wildman–Crippen MR) is 83.9 cm³/mol. The van der Waals surface area contributed by atoms with Crippen LogP contribution in [0.4, 0.5) is 0 Å². The molecule has 0 aliphatic carbocycles. The lowest BCUT2D eigenvalue weighted by Crippen LogP contribution is -2.34. The Morgan fingerprint density at radius 2 is 2.24 bits per heavy atom. The number of carbonyl (C=O) groups is 1. The SMILES string of the molecule is COc1ncccc1C(=O)NC[C@@H](c1cccs1)N(C)C. The lowest BCUT2D eigenvalue weighted by molar-refractivity contribution is 0.0938. The second-order valence-corrected chi connectivity index (χ2v) is 5.74. The van der Waals surface area contributed by atoms with Crippen LogP contribution in [-0.4, -0.2) is 43.5 Å². The van der Waals surface area contributed by atoms with Crippen LogP contribution in [0.15, 0.2) is 35.8 Å². The van der Waals surface area contributed by atoms with Crippen LogP contribution >= 0.6 is 11.3 Å². The van der Waals surface area contributed by atoms with Gasteiger partial charge in [0.15, 0.2) is 0 Å². The Morgan fingerprint density at radius 1 is 1.43 bits per heavy atom. The van der Waals surface area contributed by atoms with E-state index in [0.717, 1.165) is 0 Å². The highest BCUT2D eigenvalue weighted by Gasteiger charge is 2.18. The van der Waals surface area contributed by atoms with Crippen molar-refractivity contribution in [3.8, 4) is 5.88 Å². The van der Waals surface area contributed by atoms with E-state index in [4.69, 9.17) is 4.74 Å². The summed E-state index contributed by atoms with van der Waals surface area (Å²) in [6.45, 7) is 0.532. The number of aromatic nitrogens is 1. The van der Waals surface area contributed by atoms with Gasteiger partial charge in [0, 0.05) is 17.6 Å². The molecule has 2 aromatic heterocycles. The number of thiophene rings is 1. The van der Waals surface area contributed by atoms with Gasteiger partial charge in [0.1, 0.15) is 5.56 Å². The monoisotopic (exact) mass is 305 g/mol. The second-order valence-electron chi connectivity index (χ2n) is 4.77. The third kappa shape index (κ3) is 3.80. The molecule has 1 atom stereocenters. The molecular weight excluding hydrogens is 286 g/mol. The van der Waals surface area contributed by atoms with Crippen molar-refractivity contribution >= 4 is 17.2 Å². The molecule has 0 bridgehead atoms. The van der Waals surface area contributed by atoms with E-state index in [9.17, 15) is 4.79 Å². The van der Waals surface area contributed by atoms with Crippen molar-refractivity contribution in [2.45, 2.75) is 6.04 Å². The van der Waals surface area contributed by atoms with Crippen molar-refractivity contribution in [3.63, 3.8) is 0 Å². The van der Waals surface area contributed by atoms with Gasteiger partial charge in [0.05, 0.1) is 13.2 Å². The Hall–Kier alpha value is -1.92. The van der Waals surface area contributed by atoms with Crippen molar-refractivity contribution < 1.29 is 9.53 Å². The number of hydrogen-bond acceptors (Lipinski definition) is 5. The number of nitrogens with one attached hydrogen (secondary N) is 1. The molecule has 0 aliphatic rings. The maximum absolute atomic E-state index is 12.3. The van der Waals surface area contributed by atoms with Gasteiger partial charge in [-0.15, -0.1) is 11.3 Å². The van der Waals surface area contributed by atoms with Crippen LogP contribution in [0.25, 0.3) is 0 Å². The first-order chi connectivity index (χ1) is 10.1. The number of ether oxygens (including phenoxy) is 1. The highest BCUT2D eigenvalue weighted by Crippen LogP contribution is 2.22. The first-order valence-electron chi connectivity index (χ1n) is 6.60. The summed E-state index contributed by atoms with van der Waals surface area (Å²) in [6, 6.07) is 7.67. The molecule has 0 aromatic carbocycles. The Balaban J connectivity index is 2.06. The zero-order valence-corrected chi connectivity index (χ0v) is 13.2. The fourth-order valence-electron chi connectivity index (χ4n) is 2.03. The van der Waals surface area contributed by atoms with Gasteiger partial charge in [0.2, 0.25) is 5.88 Å². The van der Waals surface area contributed by atoms with E-state index >= 15 is 0 Å². The van der Waals surface area contributed by atoms with Crippen molar-refractivity contribution in [1.29, 1.82) is 0 Å². The number of methoxy groups -OCH3 is 1. The topological polar surface area (TPSA) is 54.5 Å². The van der Waals surface area contributed by atoms with Crippen molar-refractivity contribution in [2.75, 3.05) is 27.7 Å². The summed E-state index contributed by atoms with van der Waals surface area (Å²) in [5.74, 6) is 0.163. The number of likely N-dealkylation sites (N-methyl/N-ethyl adjacent to an activating group) is 1. The molecule has 2 rings (SSSR count). The molecule has 2 aromatic rings. The van der Waals surface area contributed by atoms with Gasteiger partial charge < -0.3 is 15.0 Å². The highest BCUT2D eigenvalue weighted by molar-refractivity contribution is 7.10. The molecule has 0 unspecified atom stereocenters. The summed E-state index contributed by atoms with van der Waals surface area (Å²) in [5.41, 5.74) is 0.448. The van der Waals surface area contributed by atoms with E-state index in [0.29, 0.717) is 18.0 Å². The Morgan fingerprint density at radius 3 is 2.86 bits per heavy atom. The summed E-state index contributed by atoms with van der Waals surface area (Å²) in [6.07, 6.45) is 1.60. The van der Waals surface area contributed by atoms with Crippen LogP contribution in [-0.2, 0) is 0 Å². The maximum atomic E-state index is 12.3. The average Bonchev–Trinajstić information content (AvgIpc) is 3.01. The number of pyridine rings is 1.